The summed E-state index contributed by atoms with van der Waals surface area (Å²) in [6.45, 7) is 2.27. The molecule has 0 unspecified atom stereocenters. The number of hydrogen-bond donors (Lipinski definition) is 2. The fourth-order valence-corrected chi connectivity index (χ4v) is 2.64. The maximum absolute atomic E-state index is 12.4. The average molecular weight is 299 g/mol. The Kier molecular flexibility index (Phi) is 3.82. The van der Waals surface area contributed by atoms with E-state index < -0.39 is 0 Å². The topological polar surface area (TPSA) is 76.6 Å². The Morgan fingerprint density at radius 1 is 1.05 bits per heavy atom. The van der Waals surface area contributed by atoms with Gasteiger partial charge in [0.05, 0.1) is 5.69 Å². The van der Waals surface area contributed by atoms with Crippen molar-refractivity contribution in [2.24, 2.45) is 0 Å². The summed E-state index contributed by atoms with van der Waals surface area (Å²) in [5.74, 6) is -0.0134. The average Bonchev–Trinajstić information content (AvgIpc) is 2.55. The Hall–Kier alpha value is -2.76. The first kappa shape index (κ1) is 14.2. The number of H-pyrrole nitrogens is 1. The van der Waals surface area contributed by atoms with Crippen LogP contribution < -0.4 is 10.5 Å². The van der Waals surface area contributed by atoms with E-state index in [0.717, 1.165) is 5.69 Å². The molecule has 22 heavy (non-hydrogen) atoms. The molecule has 6 nitrogen and oxygen atoms in total. The number of carbonyl (C=O) groups excluding carboxylic acids is 1. The summed E-state index contributed by atoms with van der Waals surface area (Å²) in [5, 5.41) is 9.88. The number of aromatic hydroxyl groups is 1. The lowest BCUT2D eigenvalue weighted by Crippen LogP contribution is -2.49. The number of para-hydroxylation sites is 2. The van der Waals surface area contributed by atoms with Crippen molar-refractivity contribution in [1.82, 2.24) is 9.88 Å². The zero-order valence-electron chi connectivity index (χ0n) is 12.0. The fraction of sp³-hybridized carbons (Fsp3) is 0.250. The van der Waals surface area contributed by atoms with Crippen molar-refractivity contribution in [3.8, 4) is 5.75 Å². The largest absolute Gasteiger partial charge is 0.506 e. The van der Waals surface area contributed by atoms with Crippen LogP contribution in [0.3, 0.4) is 0 Å². The van der Waals surface area contributed by atoms with Crippen LogP contribution in [0.15, 0.2) is 47.4 Å². The maximum Gasteiger partial charge on any atom is 0.260 e. The number of piperazine rings is 1. The van der Waals surface area contributed by atoms with E-state index in [4.69, 9.17) is 0 Å². The fourth-order valence-electron chi connectivity index (χ4n) is 2.64. The van der Waals surface area contributed by atoms with Crippen LogP contribution >= 0.6 is 0 Å². The second-order valence-electron chi connectivity index (χ2n) is 5.18. The van der Waals surface area contributed by atoms with Gasteiger partial charge in [-0.25, -0.2) is 0 Å². The second kappa shape index (κ2) is 5.93. The lowest BCUT2D eigenvalue weighted by molar-refractivity contribution is 0.0745. The summed E-state index contributed by atoms with van der Waals surface area (Å²) in [7, 11) is 0. The van der Waals surface area contributed by atoms with E-state index in [1.54, 1.807) is 23.1 Å². The van der Waals surface area contributed by atoms with Gasteiger partial charge in [0.25, 0.3) is 11.5 Å². The van der Waals surface area contributed by atoms with Crippen molar-refractivity contribution < 1.29 is 9.90 Å². The molecule has 0 atom stereocenters. The van der Waals surface area contributed by atoms with Gasteiger partial charge >= 0.3 is 0 Å². The van der Waals surface area contributed by atoms with Gasteiger partial charge in [-0.1, -0.05) is 12.1 Å². The molecule has 0 bridgehead atoms. The number of amides is 1. The van der Waals surface area contributed by atoms with Gasteiger partial charge in [0, 0.05) is 32.4 Å². The Morgan fingerprint density at radius 3 is 2.45 bits per heavy atom. The van der Waals surface area contributed by atoms with E-state index in [-0.39, 0.29) is 22.8 Å². The minimum Gasteiger partial charge on any atom is -0.506 e. The molecule has 2 aromatic rings. The first-order valence-corrected chi connectivity index (χ1v) is 7.17. The number of aromatic amines is 1. The molecule has 114 valence electrons. The van der Waals surface area contributed by atoms with Crippen LogP contribution in [0.2, 0.25) is 0 Å². The maximum atomic E-state index is 12.4. The highest BCUT2D eigenvalue weighted by Gasteiger charge is 2.24. The van der Waals surface area contributed by atoms with E-state index in [2.05, 4.69) is 4.98 Å². The minimum absolute atomic E-state index is 0.165. The van der Waals surface area contributed by atoms with Crippen LogP contribution in [0.25, 0.3) is 0 Å². The predicted molar refractivity (Wildman–Crippen MR) is 83.3 cm³/mol. The normalized spacial score (nSPS) is 14.9. The van der Waals surface area contributed by atoms with E-state index in [1.807, 2.05) is 17.0 Å². The summed E-state index contributed by atoms with van der Waals surface area (Å²) in [5.41, 5.74) is 0.571. The van der Waals surface area contributed by atoms with Gasteiger partial charge in [-0.15, -0.1) is 0 Å². The third kappa shape index (κ3) is 2.67. The van der Waals surface area contributed by atoms with Crippen molar-refractivity contribution in [2.45, 2.75) is 0 Å². The van der Waals surface area contributed by atoms with Crippen molar-refractivity contribution in [1.29, 1.82) is 0 Å². The van der Waals surface area contributed by atoms with Gasteiger partial charge in [0.2, 0.25) is 0 Å². The highest BCUT2D eigenvalue weighted by atomic mass is 16.3. The first-order chi connectivity index (χ1) is 10.7. The number of phenols is 1. The van der Waals surface area contributed by atoms with Crippen LogP contribution in [-0.4, -0.2) is 47.1 Å². The van der Waals surface area contributed by atoms with Crippen molar-refractivity contribution in [3.05, 3.63) is 58.5 Å². The summed E-state index contributed by atoms with van der Waals surface area (Å²) >= 11 is 0. The second-order valence-corrected chi connectivity index (χ2v) is 5.18. The van der Waals surface area contributed by atoms with Crippen molar-refractivity contribution >= 4 is 11.6 Å². The number of aromatic nitrogens is 1. The Bertz CT molecular complexity index is 733. The number of nitrogens with zero attached hydrogens (tertiary/aromatic N) is 2. The molecule has 0 aliphatic carbocycles. The van der Waals surface area contributed by atoms with Crippen molar-refractivity contribution in [2.75, 3.05) is 31.1 Å². The summed E-state index contributed by atoms with van der Waals surface area (Å²) < 4.78 is 0. The molecule has 2 N–H and O–H groups in total. The lowest BCUT2D eigenvalue weighted by atomic mass is 10.2. The number of phenolic OH excluding ortho intramolecular Hbond substituents is 1. The van der Waals surface area contributed by atoms with Gasteiger partial charge in [-0.2, -0.15) is 0 Å². The number of rotatable bonds is 2. The van der Waals surface area contributed by atoms with Crippen molar-refractivity contribution in [3.63, 3.8) is 0 Å². The van der Waals surface area contributed by atoms with Crippen LogP contribution in [0.4, 0.5) is 5.69 Å². The molecular weight excluding hydrogens is 282 g/mol. The summed E-state index contributed by atoms with van der Waals surface area (Å²) in [4.78, 5) is 30.3. The molecule has 1 aliphatic heterocycles. The first-order valence-electron chi connectivity index (χ1n) is 7.17. The zero-order chi connectivity index (χ0) is 15.5. The van der Waals surface area contributed by atoms with E-state index in [9.17, 15) is 14.7 Å². The standard InChI is InChI=1S/C16H17N3O3/c20-14-6-2-1-5-13(14)18-8-10-19(11-9-18)16(22)12-4-3-7-17-15(12)21/h1-7,20H,8-11H2,(H,17,21). The third-order valence-corrected chi connectivity index (χ3v) is 3.84. The van der Waals surface area contributed by atoms with Crippen LogP contribution in [0, 0.1) is 0 Å². The monoisotopic (exact) mass is 299 g/mol. The molecule has 1 fully saturated rings. The molecule has 1 aromatic carbocycles. The Morgan fingerprint density at radius 2 is 1.77 bits per heavy atom. The summed E-state index contributed by atoms with van der Waals surface area (Å²) in [6.07, 6.45) is 1.51. The van der Waals surface area contributed by atoms with Gasteiger partial charge < -0.3 is 19.9 Å². The SMILES string of the molecule is O=C(c1ccc[nH]c1=O)N1CCN(c2ccccc2O)CC1. The van der Waals surface area contributed by atoms with Gasteiger partial charge in [0.1, 0.15) is 11.3 Å². The molecule has 0 radical (unpaired) electrons. The molecule has 1 amide bonds. The number of anilines is 1. The number of hydrogen-bond acceptors (Lipinski definition) is 4. The molecule has 3 rings (SSSR count). The summed E-state index contributed by atoms with van der Waals surface area (Å²) in [6, 6.07) is 10.3. The molecule has 1 saturated heterocycles. The predicted octanol–water partition coefficient (Wildman–Crippen LogP) is 1.04. The highest BCUT2D eigenvalue weighted by molar-refractivity contribution is 5.94. The van der Waals surface area contributed by atoms with Crippen LogP contribution in [0.1, 0.15) is 10.4 Å². The Labute approximate surface area is 127 Å². The minimum atomic E-state index is -0.365. The molecule has 1 aliphatic rings. The van der Waals surface area contributed by atoms with E-state index in [1.165, 1.54) is 12.3 Å². The number of carbonyl (C=O) groups is 1. The van der Waals surface area contributed by atoms with Crippen LogP contribution in [-0.2, 0) is 0 Å². The van der Waals surface area contributed by atoms with Crippen LogP contribution in [0.5, 0.6) is 5.75 Å². The molecule has 6 heteroatoms. The van der Waals surface area contributed by atoms with Gasteiger partial charge in [-0.3, -0.25) is 9.59 Å². The highest BCUT2D eigenvalue weighted by Crippen LogP contribution is 2.27. The zero-order valence-corrected chi connectivity index (χ0v) is 12.0. The number of nitrogens with one attached hydrogen (secondary N) is 1. The molecule has 2 heterocycles. The van der Waals surface area contributed by atoms with Gasteiger partial charge in [-0.05, 0) is 24.3 Å². The number of pyridine rings is 1. The Balaban J connectivity index is 1.70. The smallest absolute Gasteiger partial charge is 0.260 e. The van der Waals surface area contributed by atoms with E-state index in [0.29, 0.717) is 26.2 Å². The lowest BCUT2D eigenvalue weighted by Gasteiger charge is -2.36. The molecular formula is C16H17N3O3. The van der Waals surface area contributed by atoms with E-state index >= 15 is 0 Å². The molecule has 0 spiro atoms. The third-order valence-electron chi connectivity index (χ3n) is 3.84. The van der Waals surface area contributed by atoms with Gasteiger partial charge in [0.15, 0.2) is 0 Å². The number of benzene rings is 1. The molecule has 1 aromatic heterocycles. The molecule has 0 saturated carbocycles. The quantitative estimate of drug-likeness (QED) is 0.869.